The molecular formula is C16H24FN. The van der Waals surface area contributed by atoms with Crippen LogP contribution in [0.4, 0.5) is 4.39 Å². The van der Waals surface area contributed by atoms with Crippen LogP contribution >= 0.6 is 0 Å². The normalized spacial score (nSPS) is 18.1. The molecule has 1 N–H and O–H groups in total. The lowest BCUT2D eigenvalue weighted by Crippen LogP contribution is -2.25. The Bertz CT molecular complexity index is 358. The van der Waals surface area contributed by atoms with Crippen LogP contribution in [0.25, 0.3) is 0 Å². The average molecular weight is 249 g/mol. The Kier molecular flexibility index (Phi) is 5.18. The summed E-state index contributed by atoms with van der Waals surface area (Å²) in [7, 11) is 0. The Hall–Kier alpha value is -0.890. The molecule has 1 saturated carbocycles. The molecule has 0 heterocycles. The van der Waals surface area contributed by atoms with Gasteiger partial charge in [0, 0.05) is 11.6 Å². The van der Waals surface area contributed by atoms with Gasteiger partial charge < -0.3 is 5.32 Å². The average Bonchev–Trinajstić information content (AvgIpc) is 2.88. The maximum absolute atomic E-state index is 13.9. The fraction of sp³-hybridized carbons (Fsp3) is 0.625. The lowest BCUT2D eigenvalue weighted by molar-refractivity contribution is 0.385. The quantitative estimate of drug-likeness (QED) is 0.785. The zero-order valence-electron chi connectivity index (χ0n) is 11.3. The van der Waals surface area contributed by atoms with Gasteiger partial charge >= 0.3 is 0 Å². The van der Waals surface area contributed by atoms with Gasteiger partial charge in [-0.25, -0.2) is 4.39 Å². The van der Waals surface area contributed by atoms with Crippen LogP contribution in [0.2, 0.25) is 0 Å². The predicted molar refractivity (Wildman–Crippen MR) is 74.0 cm³/mol. The highest BCUT2D eigenvalue weighted by Gasteiger charge is 2.22. The van der Waals surface area contributed by atoms with Crippen LogP contribution in [0.3, 0.4) is 0 Å². The van der Waals surface area contributed by atoms with Crippen LogP contribution in [0.5, 0.6) is 0 Å². The molecule has 0 aromatic heterocycles. The van der Waals surface area contributed by atoms with Gasteiger partial charge in [0.15, 0.2) is 0 Å². The topological polar surface area (TPSA) is 12.0 Å². The summed E-state index contributed by atoms with van der Waals surface area (Å²) in [6, 6.07) is 7.40. The second kappa shape index (κ2) is 6.89. The van der Waals surface area contributed by atoms with Gasteiger partial charge in [0.2, 0.25) is 0 Å². The van der Waals surface area contributed by atoms with Crippen molar-refractivity contribution >= 4 is 0 Å². The summed E-state index contributed by atoms with van der Waals surface area (Å²) in [4.78, 5) is 0. The summed E-state index contributed by atoms with van der Waals surface area (Å²) in [6.45, 7) is 3.12. The predicted octanol–water partition coefficient (Wildman–Crippen LogP) is 4.45. The highest BCUT2D eigenvalue weighted by atomic mass is 19.1. The zero-order chi connectivity index (χ0) is 12.8. The Morgan fingerprint density at radius 1 is 1.28 bits per heavy atom. The molecule has 18 heavy (non-hydrogen) atoms. The van der Waals surface area contributed by atoms with Gasteiger partial charge in [-0.1, -0.05) is 50.8 Å². The van der Waals surface area contributed by atoms with Crippen molar-refractivity contribution in [3.05, 3.63) is 35.6 Å². The molecule has 1 aliphatic rings. The fourth-order valence-corrected chi connectivity index (χ4v) is 2.98. The molecule has 1 aromatic carbocycles. The molecule has 0 amide bonds. The van der Waals surface area contributed by atoms with E-state index in [9.17, 15) is 4.39 Å². The molecule has 2 heteroatoms. The van der Waals surface area contributed by atoms with Gasteiger partial charge in [-0.2, -0.15) is 0 Å². The van der Waals surface area contributed by atoms with Gasteiger partial charge in [0.05, 0.1) is 0 Å². The summed E-state index contributed by atoms with van der Waals surface area (Å²) >= 11 is 0. The monoisotopic (exact) mass is 249 g/mol. The molecule has 1 atom stereocenters. The zero-order valence-corrected chi connectivity index (χ0v) is 11.3. The van der Waals surface area contributed by atoms with Gasteiger partial charge in [-0.15, -0.1) is 0 Å². The summed E-state index contributed by atoms with van der Waals surface area (Å²) in [5.41, 5.74) is 0.845. The van der Waals surface area contributed by atoms with Crippen LogP contribution < -0.4 is 5.32 Å². The van der Waals surface area contributed by atoms with Crippen molar-refractivity contribution < 1.29 is 4.39 Å². The van der Waals surface area contributed by atoms with E-state index in [1.807, 2.05) is 12.1 Å². The number of rotatable bonds is 6. The Morgan fingerprint density at radius 3 is 2.67 bits per heavy atom. The van der Waals surface area contributed by atoms with Crippen molar-refractivity contribution in [2.75, 3.05) is 6.54 Å². The lowest BCUT2D eigenvalue weighted by Gasteiger charge is -2.22. The number of halogens is 1. The van der Waals surface area contributed by atoms with E-state index in [0.717, 1.165) is 30.9 Å². The molecule has 1 aromatic rings. The molecule has 100 valence electrons. The molecular weight excluding hydrogens is 225 g/mol. The summed E-state index contributed by atoms with van der Waals surface area (Å²) < 4.78 is 13.9. The van der Waals surface area contributed by atoms with Gasteiger partial charge in [-0.3, -0.25) is 0 Å². The van der Waals surface area contributed by atoms with E-state index in [1.54, 1.807) is 12.1 Å². The van der Waals surface area contributed by atoms with Crippen molar-refractivity contribution in [3.63, 3.8) is 0 Å². The fourth-order valence-electron chi connectivity index (χ4n) is 2.98. The minimum Gasteiger partial charge on any atom is -0.310 e. The minimum absolute atomic E-state index is 0.0656. The maximum atomic E-state index is 13.9. The number of hydrogen-bond donors (Lipinski definition) is 1. The third kappa shape index (κ3) is 3.55. The third-order valence-corrected chi connectivity index (χ3v) is 3.97. The first-order valence-electron chi connectivity index (χ1n) is 7.29. The van der Waals surface area contributed by atoms with Gasteiger partial charge in [-0.05, 0) is 31.4 Å². The van der Waals surface area contributed by atoms with Crippen molar-refractivity contribution in [2.24, 2.45) is 5.92 Å². The van der Waals surface area contributed by atoms with Crippen LogP contribution in [0.15, 0.2) is 24.3 Å². The van der Waals surface area contributed by atoms with E-state index in [2.05, 4.69) is 12.2 Å². The molecule has 1 unspecified atom stereocenters. The van der Waals surface area contributed by atoms with Crippen molar-refractivity contribution in [3.8, 4) is 0 Å². The molecule has 0 aliphatic heterocycles. The summed E-state index contributed by atoms with van der Waals surface area (Å²) in [5, 5.41) is 3.51. The third-order valence-electron chi connectivity index (χ3n) is 3.97. The van der Waals surface area contributed by atoms with Crippen LogP contribution in [0, 0.1) is 11.7 Å². The van der Waals surface area contributed by atoms with Gasteiger partial charge in [0.1, 0.15) is 5.82 Å². The van der Waals surface area contributed by atoms with E-state index in [1.165, 1.54) is 25.7 Å². The highest BCUT2D eigenvalue weighted by molar-refractivity contribution is 5.21. The first kappa shape index (κ1) is 13.5. The number of hydrogen-bond acceptors (Lipinski definition) is 1. The summed E-state index contributed by atoms with van der Waals surface area (Å²) in [6.07, 6.45) is 7.51. The van der Waals surface area contributed by atoms with Crippen LogP contribution in [-0.4, -0.2) is 6.54 Å². The molecule has 2 rings (SSSR count). The lowest BCUT2D eigenvalue weighted by atomic mass is 9.93. The van der Waals surface area contributed by atoms with Crippen LogP contribution in [0.1, 0.15) is 57.1 Å². The molecule has 1 fully saturated rings. The number of nitrogens with one attached hydrogen (secondary N) is 1. The van der Waals surface area contributed by atoms with E-state index in [0.29, 0.717) is 0 Å². The second-order valence-electron chi connectivity index (χ2n) is 5.41. The van der Waals surface area contributed by atoms with Crippen LogP contribution in [-0.2, 0) is 0 Å². The molecule has 1 nitrogen and oxygen atoms in total. The first-order valence-corrected chi connectivity index (χ1v) is 7.29. The summed E-state index contributed by atoms with van der Waals surface area (Å²) in [5.74, 6) is 0.711. The Morgan fingerprint density at radius 2 is 2.00 bits per heavy atom. The smallest absolute Gasteiger partial charge is 0.127 e. The number of benzene rings is 1. The largest absolute Gasteiger partial charge is 0.310 e. The van der Waals surface area contributed by atoms with Crippen molar-refractivity contribution in [1.82, 2.24) is 5.32 Å². The molecule has 0 saturated heterocycles. The van der Waals surface area contributed by atoms with E-state index < -0.39 is 0 Å². The highest BCUT2D eigenvalue weighted by Crippen LogP contribution is 2.33. The standard InChI is InChI=1S/C16H24FN/c1-2-11-18-16(12-13-7-3-4-8-13)14-9-5-6-10-15(14)17/h5-6,9-10,13,16,18H,2-4,7-8,11-12H2,1H3. The van der Waals surface area contributed by atoms with Gasteiger partial charge in [0.25, 0.3) is 0 Å². The molecule has 1 aliphatic carbocycles. The molecule has 0 radical (unpaired) electrons. The Labute approximate surface area is 110 Å². The molecule has 0 bridgehead atoms. The first-order chi connectivity index (χ1) is 8.81. The van der Waals surface area contributed by atoms with Crippen molar-refractivity contribution in [2.45, 2.75) is 51.5 Å². The van der Waals surface area contributed by atoms with E-state index in [-0.39, 0.29) is 11.9 Å². The molecule has 0 spiro atoms. The Balaban J connectivity index is 2.06. The maximum Gasteiger partial charge on any atom is 0.127 e. The second-order valence-corrected chi connectivity index (χ2v) is 5.41. The minimum atomic E-state index is -0.0656. The van der Waals surface area contributed by atoms with E-state index in [4.69, 9.17) is 0 Å². The SMILES string of the molecule is CCCNC(CC1CCCC1)c1ccccc1F. The van der Waals surface area contributed by atoms with Crippen molar-refractivity contribution in [1.29, 1.82) is 0 Å². The van der Waals surface area contributed by atoms with E-state index >= 15 is 0 Å².